The van der Waals surface area contributed by atoms with Crippen molar-refractivity contribution in [2.45, 2.75) is 6.92 Å². The van der Waals surface area contributed by atoms with Crippen molar-refractivity contribution in [2.75, 3.05) is 50.7 Å². The van der Waals surface area contributed by atoms with E-state index in [4.69, 9.17) is 11.6 Å². The quantitative estimate of drug-likeness (QED) is 0.814. The Labute approximate surface area is 127 Å². The minimum Gasteiger partial charge on any atom is -0.369 e. The second-order valence-corrected chi connectivity index (χ2v) is 5.71. The summed E-state index contributed by atoms with van der Waals surface area (Å²) in [4.78, 5) is 4.87. The van der Waals surface area contributed by atoms with Crippen LogP contribution < -0.4 is 10.2 Å². The Kier molecular flexibility index (Phi) is 5.89. The lowest BCUT2D eigenvalue weighted by Crippen LogP contribution is -2.47. The number of nitrogens with one attached hydrogen (secondary N) is 1. The van der Waals surface area contributed by atoms with E-state index in [2.05, 4.69) is 34.7 Å². The molecular formula is C16H24ClN3. The first kappa shape index (κ1) is 15.4. The zero-order valence-electron chi connectivity index (χ0n) is 12.2. The summed E-state index contributed by atoms with van der Waals surface area (Å²) in [5, 5.41) is 4.14. The van der Waals surface area contributed by atoms with Crippen LogP contribution in [0.1, 0.15) is 6.92 Å². The number of piperazine rings is 1. The van der Waals surface area contributed by atoms with Crippen LogP contribution in [0.5, 0.6) is 0 Å². The van der Waals surface area contributed by atoms with Crippen LogP contribution in [0, 0.1) is 0 Å². The fraction of sp³-hybridized carbons (Fsp3) is 0.500. The lowest BCUT2D eigenvalue weighted by Gasteiger charge is -2.36. The first-order chi connectivity index (χ1) is 9.69. The molecule has 2 rings (SSSR count). The highest BCUT2D eigenvalue weighted by Crippen LogP contribution is 2.20. The third kappa shape index (κ3) is 4.51. The average Bonchev–Trinajstić information content (AvgIpc) is 2.46. The minimum absolute atomic E-state index is 0.809. The molecule has 110 valence electrons. The molecule has 0 unspecified atom stereocenters. The Bertz CT molecular complexity index is 439. The molecule has 0 amide bonds. The Morgan fingerprint density at radius 1 is 1.30 bits per heavy atom. The van der Waals surface area contributed by atoms with Crippen LogP contribution in [0.15, 0.2) is 36.4 Å². The summed E-state index contributed by atoms with van der Waals surface area (Å²) in [7, 11) is 0. The topological polar surface area (TPSA) is 18.5 Å². The molecule has 1 aliphatic rings. The van der Waals surface area contributed by atoms with Gasteiger partial charge in [0, 0.05) is 50.0 Å². The van der Waals surface area contributed by atoms with Gasteiger partial charge in [0.1, 0.15) is 0 Å². The van der Waals surface area contributed by atoms with Crippen molar-refractivity contribution in [3.05, 3.63) is 41.4 Å². The Hall–Kier alpha value is -1.03. The molecule has 0 aromatic heterocycles. The molecule has 0 saturated carbocycles. The first-order valence-electron chi connectivity index (χ1n) is 7.29. The van der Waals surface area contributed by atoms with E-state index in [0.29, 0.717) is 0 Å². The van der Waals surface area contributed by atoms with Crippen LogP contribution >= 0.6 is 11.6 Å². The summed E-state index contributed by atoms with van der Waals surface area (Å²) in [6, 6.07) is 8.11. The highest BCUT2D eigenvalue weighted by Gasteiger charge is 2.17. The Morgan fingerprint density at radius 2 is 2.05 bits per heavy atom. The van der Waals surface area contributed by atoms with E-state index in [0.717, 1.165) is 50.8 Å². The summed E-state index contributed by atoms with van der Waals surface area (Å²) in [5.41, 5.74) is 2.49. The number of anilines is 1. The highest BCUT2D eigenvalue weighted by atomic mass is 35.5. The molecule has 1 aliphatic heterocycles. The summed E-state index contributed by atoms with van der Waals surface area (Å²) in [5.74, 6) is 0. The normalized spacial score (nSPS) is 16.4. The molecule has 1 heterocycles. The highest BCUT2D eigenvalue weighted by molar-refractivity contribution is 6.30. The summed E-state index contributed by atoms with van der Waals surface area (Å²) in [6.07, 6.45) is 0. The van der Waals surface area contributed by atoms with Gasteiger partial charge in [-0.05, 0) is 30.3 Å². The average molecular weight is 294 g/mol. The Balaban J connectivity index is 1.79. The van der Waals surface area contributed by atoms with E-state index in [1.807, 2.05) is 18.2 Å². The van der Waals surface area contributed by atoms with Crippen molar-refractivity contribution in [1.82, 2.24) is 10.2 Å². The summed E-state index contributed by atoms with van der Waals surface area (Å²) >= 11 is 6.05. The molecule has 1 aromatic rings. The third-order valence-electron chi connectivity index (χ3n) is 3.62. The number of halogens is 1. The molecular weight excluding hydrogens is 270 g/mol. The van der Waals surface area contributed by atoms with Crippen LogP contribution in [0.4, 0.5) is 5.69 Å². The zero-order chi connectivity index (χ0) is 14.4. The molecule has 0 atom stereocenters. The van der Waals surface area contributed by atoms with Gasteiger partial charge in [-0.2, -0.15) is 0 Å². The van der Waals surface area contributed by atoms with E-state index in [1.165, 1.54) is 11.3 Å². The number of benzene rings is 1. The molecule has 0 aliphatic carbocycles. The van der Waals surface area contributed by atoms with Crippen molar-refractivity contribution < 1.29 is 0 Å². The third-order valence-corrected chi connectivity index (χ3v) is 3.85. The maximum Gasteiger partial charge on any atom is 0.0426 e. The van der Waals surface area contributed by atoms with E-state index >= 15 is 0 Å². The summed E-state index contributed by atoms with van der Waals surface area (Å²) in [6.45, 7) is 13.4. The van der Waals surface area contributed by atoms with E-state index in [-0.39, 0.29) is 0 Å². The monoisotopic (exact) mass is 293 g/mol. The molecule has 3 nitrogen and oxygen atoms in total. The second-order valence-electron chi connectivity index (χ2n) is 5.27. The van der Waals surface area contributed by atoms with Crippen molar-refractivity contribution in [1.29, 1.82) is 0 Å². The van der Waals surface area contributed by atoms with Crippen molar-refractivity contribution >= 4 is 17.3 Å². The Morgan fingerprint density at radius 3 is 2.70 bits per heavy atom. The maximum atomic E-state index is 6.05. The van der Waals surface area contributed by atoms with Crippen LogP contribution in [0.25, 0.3) is 0 Å². The van der Waals surface area contributed by atoms with Crippen molar-refractivity contribution in [3.63, 3.8) is 0 Å². The van der Waals surface area contributed by atoms with Gasteiger partial charge >= 0.3 is 0 Å². The van der Waals surface area contributed by atoms with Crippen molar-refractivity contribution in [3.8, 4) is 0 Å². The molecule has 4 heteroatoms. The molecule has 1 saturated heterocycles. The van der Waals surface area contributed by atoms with Gasteiger partial charge in [0.15, 0.2) is 0 Å². The lowest BCUT2D eigenvalue weighted by atomic mass is 10.2. The van der Waals surface area contributed by atoms with E-state index < -0.39 is 0 Å². The molecule has 0 radical (unpaired) electrons. The molecule has 1 N–H and O–H groups in total. The van der Waals surface area contributed by atoms with Crippen molar-refractivity contribution in [2.24, 2.45) is 0 Å². The minimum atomic E-state index is 0.809. The number of hydrogen-bond donors (Lipinski definition) is 1. The van der Waals surface area contributed by atoms with Crippen LogP contribution in [0.2, 0.25) is 5.02 Å². The van der Waals surface area contributed by atoms with E-state index in [9.17, 15) is 0 Å². The van der Waals surface area contributed by atoms with Gasteiger partial charge in [0.05, 0.1) is 0 Å². The first-order valence-corrected chi connectivity index (χ1v) is 7.67. The maximum absolute atomic E-state index is 6.05. The number of likely N-dealkylation sites (N-methyl/N-ethyl adjacent to an activating group) is 1. The van der Waals surface area contributed by atoms with Gasteiger partial charge in [-0.1, -0.05) is 31.2 Å². The second kappa shape index (κ2) is 7.67. The predicted octanol–water partition coefficient (Wildman–Crippen LogP) is 2.63. The van der Waals surface area contributed by atoms with Gasteiger partial charge < -0.3 is 10.2 Å². The number of rotatable bonds is 6. The van der Waals surface area contributed by atoms with Gasteiger partial charge in [0.2, 0.25) is 0 Å². The molecule has 1 aromatic carbocycles. The fourth-order valence-electron chi connectivity index (χ4n) is 2.51. The standard InChI is InChI=1S/C16H24ClN3/c1-3-18-12-14(2)13-19-7-9-20(10-8-19)16-6-4-5-15(17)11-16/h4-6,11,18H,2-3,7-10,12-13H2,1H3. The van der Waals surface area contributed by atoms with Crippen LogP contribution in [0.3, 0.4) is 0 Å². The summed E-state index contributed by atoms with van der Waals surface area (Å²) < 4.78 is 0. The molecule has 0 bridgehead atoms. The largest absolute Gasteiger partial charge is 0.369 e. The number of nitrogens with zero attached hydrogens (tertiary/aromatic N) is 2. The van der Waals surface area contributed by atoms with Crippen LogP contribution in [-0.2, 0) is 0 Å². The van der Waals surface area contributed by atoms with Gasteiger partial charge in [-0.3, -0.25) is 4.90 Å². The van der Waals surface area contributed by atoms with E-state index in [1.54, 1.807) is 0 Å². The van der Waals surface area contributed by atoms with Gasteiger partial charge in [-0.15, -0.1) is 0 Å². The van der Waals surface area contributed by atoms with Crippen LogP contribution in [-0.4, -0.2) is 50.7 Å². The van der Waals surface area contributed by atoms with Gasteiger partial charge in [-0.25, -0.2) is 0 Å². The fourth-order valence-corrected chi connectivity index (χ4v) is 2.70. The SMILES string of the molecule is C=C(CNCC)CN1CCN(c2cccc(Cl)c2)CC1. The predicted molar refractivity (Wildman–Crippen MR) is 87.8 cm³/mol. The zero-order valence-corrected chi connectivity index (χ0v) is 13.0. The molecule has 0 spiro atoms. The van der Waals surface area contributed by atoms with Gasteiger partial charge in [0.25, 0.3) is 0 Å². The number of hydrogen-bond acceptors (Lipinski definition) is 3. The molecule has 20 heavy (non-hydrogen) atoms. The smallest absolute Gasteiger partial charge is 0.0426 e. The molecule has 1 fully saturated rings. The lowest BCUT2D eigenvalue weighted by molar-refractivity contribution is 0.277.